The number of hydrogen-bond acceptors (Lipinski definition) is 3. The van der Waals surface area contributed by atoms with E-state index in [0.29, 0.717) is 21.8 Å². The fraction of sp³-hybridized carbons (Fsp3) is 0.0556. The zero-order valence-corrected chi connectivity index (χ0v) is 14.8. The number of rotatable bonds is 4. The lowest BCUT2D eigenvalue weighted by atomic mass is 10.1. The van der Waals surface area contributed by atoms with Crippen molar-refractivity contribution in [1.82, 2.24) is 4.98 Å². The van der Waals surface area contributed by atoms with E-state index in [1.165, 1.54) is 18.2 Å². The van der Waals surface area contributed by atoms with E-state index >= 15 is 0 Å². The van der Waals surface area contributed by atoms with Crippen LogP contribution in [0.4, 0.5) is 10.2 Å². The Balaban J connectivity index is 1.97. The highest BCUT2D eigenvalue weighted by molar-refractivity contribution is 7.92. The number of aromatic nitrogens is 1. The summed E-state index contributed by atoms with van der Waals surface area (Å²) < 4.78 is 40.9. The Labute approximate surface area is 150 Å². The van der Waals surface area contributed by atoms with Gasteiger partial charge in [0.2, 0.25) is 0 Å². The predicted molar refractivity (Wildman–Crippen MR) is 96.6 cm³/mol. The molecule has 0 unspecified atom stereocenters. The molecule has 1 heterocycles. The molecule has 2 aromatic carbocycles. The highest BCUT2D eigenvalue weighted by Gasteiger charge is 2.18. The van der Waals surface area contributed by atoms with Crippen molar-refractivity contribution in [2.75, 3.05) is 4.72 Å². The largest absolute Gasteiger partial charge is 0.263 e. The summed E-state index contributed by atoms with van der Waals surface area (Å²) in [4.78, 5) is 4.17. The zero-order chi connectivity index (χ0) is 18.0. The van der Waals surface area contributed by atoms with E-state index in [2.05, 4.69) is 9.71 Å². The molecule has 0 atom stereocenters. The van der Waals surface area contributed by atoms with Crippen LogP contribution in [0, 0.1) is 12.7 Å². The molecule has 128 valence electrons. The summed E-state index contributed by atoms with van der Waals surface area (Å²) in [5.74, 6) is -0.496. The molecule has 3 aromatic rings. The van der Waals surface area contributed by atoms with Crippen LogP contribution in [0.1, 0.15) is 5.56 Å². The lowest BCUT2D eigenvalue weighted by molar-refractivity contribution is 0.594. The number of nitrogens with one attached hydrogen (secondary N) is 1. The minimum Gasteiger partial charge on any atom is -0.263 e. The third-order valence-corrected chi connectivity index (χ3v) is 5.40. The molecular weight excluding hydrogens is 363 g/mol. The van der Waals surface area contributed by atoms with E-state index in [-0.39, 0.29) is 10.7 Å². The van der Waals surface area contributed by atoms with Crippen LogP contribution < -0.4 is 4.72 Å². The first-order chi connectivity index (χ1) is 11.9. The van der Waals surface area contributed by atoms with Crippen molar-refractivity contribution in [3.05, 3.63) is 77.1 Å². The Morgan fingerprint density at radius 2 is 1.80 bits per heavy atom. The van der Waals surface area contributed by atoms with E-state index in [0.717, 1.165) is 6.07 Å². The van der Waals surface area contributed by atoms with E-state index in [1.807, 2.05) is 6.07 Å². The maximum atomic E-state index is 13.4. The second-order valence-electron chi connectivity index (χ2n) is 5.40. The molecule has 0 bridgehead atoms. The molecule has 4 nitrogen and oxygen atoms in total. The molecule has 0 spiro atoms. The van der Waals surface area contributed by atoms with E-state index in [4.69, 9.17) is 11.6 Å². The Morgan fingerprint density at radius 3 is 2.56 bits per heavy atom. The molecule has 0 aliphatic rings. The predicted octanol–water partition coefficient (Wildman–Crippen LogP) is 4.65. The topological polar surface area (TPSA) is 59.1 Å². The van der Waals surface area contributed by atoms with E-state index in [1.54, 1.807) is 37.3 Å². The number of pyridine rings is 1. The van der Waals surface area contributed by atoms with Gasteiger partial charge in [0.05, 0.1) is 10.6 Å². The summed E-state index contributed by atoms with van der Waals surface area (Å²) in [6.07, 6.45) is 0. The van der Waals surface area contributed by atoms with Crippen molar-refractivity contribution < 1.29 is 12.8 Å². The van der Waals surface area contributed by atoms with Crippen LogP contribution in [-0.4, -0.2) is 13.4 Å². The summed E-state index contributed by atoms with van der Waals surface area (Å²) in [5, 5.41) is 0.510. The highest BCUT2D eigenvalue weighted by Crippen LogP contribution is 2.27. The van der Waals surface area contributed by atoms with Gasteiger partial charge in [-0.2, -0.15) is 0 Å². The lowest BCUT2D eigenvalue weighted by Crippen LogP contribution is -2.15. The number of hydrogen-bond donors (Lipinski definition) is 1. The van der Waals surface area contributed by atoms with E-state index in [9.17, 15) is 12.8 Å². The molecule has 1 aromatic heterocycles. The minimum atomic E-state index is -3.96. The molecule has 0 aliphatic heterocycles. The smallest absolute Gasteiger partial charge is 0.263 e. The molecule has 1 N–H and O–H groups in total. The number of nitrogens with zero attached hydrogens (tertiary/aromatic N) is 1. The second-order valence-corrected chi connectivity index (χ2v) is 7.46. The second kappa shape index (κ2) is 6.82. The van der Waals surface area contributed by atoms with Gasteiger partial charge in [0, 0.05) is 10.6 Å². The van der Waals surface area contributed by atoms with Crippen LogP contribution in [0.25, 0.3) is 11.3 Å². The first-order valence-corrected chi connectivity index (χ1v) is 9.24. The summed E-state index contributed by atoms with van der Waals surface area (Å²) in [7, 11) is -3.96. The van der Waals surface area contributed by atoms with E-state index < -0.39 is 15.8 Å². The molecule has 25 heavy (non-hydrogen) atoms. The summed E-state index contributed by atoms with van der Waals surface area (Å²) in [6, 6.07) is 15.7. The van der Waals surface area contributed by atoms with Crippen LogP contribution in [0.15, 0.2) is 65.6 Å². The van der Waals surface area contributed by atoms with Crippen molar-refractivity contribution >= 4 is 27.4 Å². The average molecular weight is 377 g/mol. The van der Waals surface area contributed by atoms with Crippen molar-refractivity contribution in [2.45, 2.75) is 11.8 Å². The van der Waals surface area contributed by atoms with Crippen molar-refractivity contribution in [3.63, 3.8) is 0 Å². The molecule has 0 aliphatic carbocycles. The van der Waals surface area contributed by atoms with Crippen LogP contribution in [0.3, 0.4) is 0 Å². The fourth-order valence-electron chi connectivity index (χ4n) is 2.37. The minimum absolute atomic E-state index is 0.126. The third-order valence-electron chi connectivity index (χ3n) is 3.58. The van der Waals surface area contributed by atoms with Crippen molar-refractivity contribution in [3.8, 4) is 11.3 Å². The maximum Gasteiger partial charge on any atom is 0.263 e. The highest BCUT2D eigenvalue weighted by atomic mass is 35.5. The number of anilines is 1. The van der Waals surface area contributed by atoms with Crippen LogP contribution in [0.5, 0.6) is 0 Å². The Hall–Kier alpha value is -2.44. The normalized spacial score (nSPS) is 11.3. The zero-order valence-electron chi connectivity index (χ0n) is 13.2. The quantitative estimate of drug-likeness (QED) is 0.721. The van der Waals surface area contributed by atoms with Gasteiger partial charge in [-0.05, 0) is 42.8 Å². The van der Waals surface area contributed by atoms with Gasteiger partial charge in [0.25, 0.3) is 10.0 Å². The average Bonchev–Trinajstić information content (AvgIpc) is 2.57. The molecule has 0 fully saturated rings. The van der Waals surface area contributed by atoms with Gasteiger partial charge in [-0.1, -0.05) is 41.9 Å². The molecule has 0 saturated carbocycles. The van der Waals surface area contributed by atoms with Crippen molar-refractivity contribution in [2.24, 2.45) is 0 Å². The number of sulfonamides is 1. The summed E-state index contributed by atoms with van der Waals surface area (Å²) in [5.41, 5.74) is 1.66. The van der Waals surface area contributed by atoms with Crippen LogP contribution in [-0.2, 0) is 10.0 Å². The van der Waals surface area contributed by atoms with Gasteiger partial charge in [0.1, 0.15) is 11.6 Å². The van der Waals surface area contributed by atoms with Gasteiger partial charge >= 0.3 is 0 Å². The van der Waals surface area contributed by atoms with Gasteiger partial charge in [0.15, 0.2) is 0 Å². The standard InChI is InChI=1S/C18H14ClFN2O2S/c1-12-9-10-13(20)11-17(12)25(23,24)22-18-8-4-7-16(21-18)14-5-2-3-6-15(14)19/h2-11H,1H3,(H,21,22). The lowest BCUT2D eigenvalue weighted by Gasteiger charge is -2.11. The Morgan fingerprint density at radius 1 is 1.04 bits per heavy atom. The van der Waals surface area contributed by atoms with Crippen LogP contribution in [0.2, 0.25) is 5.02 Å². The summed E-state index contributed by atoms with van der Waals surface area (Å²) >= 11 is 6.16. The molecule has 0 amide bonds. The van der Waals surface area contributed by atoms with Gasteiger partial charge in [-0.15, -0.1) is 0 Å². The first-order valence-electron chi connectivity index (χ1n) is 7.38. The Bertz CT molecular complexity index is 1040. The van der Waals surface area contributed by atoms with Gasteiger partial charge in [-0.25, -0.2) is 17.8 Å². The molecule has 7 heteroatoms. The first kappa shape index (κ1) is 17.4. The summed E-state index contributed by atoms with van der Waals surface area (Å²) in [6.45, 7) is 1.60. The van der Waals surface area contributed by atoms with Gasteiger partial charge in [-0.3, -0.25) is 4.72 Å². The molecule has 0 radical (unpaired) electrons. The third kappa shape index (κ3) is 3.81. The Kier molecular flexibility index (Phi) is 4.74. The molecular formula is C18H14ClFN2O2S. The SMILES string of the molecule is Cc1ccc(F)cc1S(=O)(=O)Nc1cccc(-c2ccccc2Cl)n1. The maximum absolute atomic E-state index is 13.4. The van der Waals surface area contributed by atoms with Crippen molar-refractivity contribution in [1.29, 1.82) is 0 Å². The number of halogens is 2. The van der Waals surface area contributed by atoms with Gasteiger partial charge < -0.3 is 0 Å². The van der Waals surface area contributed by atoms with Crippen LogP contribution >= 0.6 is 11.6 Å². The monoisotopic (exact) mass is 376 g/mol. The number of aryl methyl sites for hydroxylation is 1. The molecule has 3 rings (SSSR count). The number of benzene rings is 2. The fourth-order valence-corrected chi connectivity index (χ4v) is 3.86. The molecule has 0 saturated heterocycles.